The first-order valence-electron chi connectivity index (χ1n) is 6.69. The minimum Gasteiger partial charge on any atom is -0.381 e. The molecular weight excluding hydrogens is 216 g/mol. The van der Waals surface area contributed by atoms with E-state index in [1.54, 1.807) is 0 Å². The maximum atomic E-state index is 11.6. The van der Waals surface area contributed by atoms with Gasteiger partial charge in [0, 0.05) is 19.3 Å². The monoisotopic (exact) mass is 244 g/mol. The molecule has 17 heavy (non-hydrogen) atoms. The van der Waals surface area contributed by atoms with Gasteiger partial charge in [0.2, 0.25) is 5.91 Å². The second kappa shape index (κ2) is 10.5. The highest BCUT2D eigenvalue weighted by molar-refractivity contribution is 5.81. The van der Waals surface area contributed by atoms with E-state index in [2.05, 4.69) is 17.6 Å². The fourth-order valence-electron chi connectivity index (χ4n) is 1.34. The van der Waals surface area contributed by atoms with Crippen LogP contribution in [0.3, 0.4) is 0 Å². The predicted molar refractivity (Wildman–Crippen MR) is 71.1 cm³/mol. The van der Waals surface area contributed by atoms with Crippen LogP contribution in [0.1, 0.15) is 47.0 Å². The lowest BCUT2D eigenvalue weighted by Crippen LogP contribution is -2.45. The maximum Gasteiger partial charge on any atom is 0.237 e. The Balaban J connectivity index is 3.38. The van der Waals surface area contributed by atoms with Gasteiger partial charge in [0.15, 0.2) is 0 Å². The summed E-state index contributed by atoms with van der Waals surface area (Å²) in [7, 11) is 0. The number of ether oxygens (including phenoxy) is 1. The standard InChI is InChI=1S/C13H28N2O2/c1-5-6-9-17-10-7-8-14-12(4)13(16)15-11(2)3/h11-12,14H,5-10H2,1-4H3,(H,15,16). The Kier molecular flexibility index (Phi) is 10.2. The Bertz CT molecular complexity index is 196. The number of unbranched alkanes of at least 4 members (excludes halogenated alkanes) is 1. The zero-order valence-electron chi connectivity index (χ0n) is 11.7. The quantitative estimate of drug-likeness (QED) is 0.575. The topological polar surface area (TPSA) is 50.4 Å². The second-order valence-corrected chi connectivity index (χ2v) is 4.66. The molecule has 0 aliphatic carbocycles. The van der Waals surface area contributed by atoms with Gasteiger partial charge in [-0.05, 0) is 40.2 Å². The van der Waals surface area contributed by atoms with Crippen molar-refractivity contribution in [3.05, 3.63) is 0 Å². The molecule has 0 rings (SSSR count). The van der Waals surface area contributed by atoms with Crippen molar-refractivity contribution in [3.63, 3.8) is 0 Å². The molecule has 0 aliphatic heterocycles. The molecule has 0 spiro atoms. The van der Waals surface area contributed by atoms with Gasteiger partial charge in [-0.15, -0.1) is 0 Å². The minimum absolute atomic E-state index is 0.0619. The van der Waals surface area contributed by atoms with E-state index < -0.39 is 0 Å². The number of rotatable bonds is 10. The molecule has 4 nitrogen and oxygen atoms in total. The Morgan fingerprint density at radius 2 is 1.82 bits per heavy atom. The van der Waals surface area contributed by atoms with Crippen LogP contribution in [-0.2, 0) is 9.53 Å². The molecule has 0 saturated heterocycles. The molecule has 0 radical (unpaired) electrons. The molecule has 1 atom stereocenters. The average Bonchev–Trinajstić information content (AvgIpc) is 2.26. The highest BCUT2D eigenvalue weighted by Gasteiger charge is 2.11. The zero-order valence-corrected chi connectivity index (χ0v) is 11.7. The summed E-state index contributed by atoms with van der Waals surface area (Å²) >= 11 is 0. The summed E-state index contributed by atoms with van der Waals surface area (Å²) in [4.78, 5) is 11.6. The molecule has 0 aliphatic rings. The maximum absolute atomic E-state index is 11.6. The highest BCUT2D eigenvalue weighted by Crippen LogP contribution is 1.90. The largest absolute Gasteiger partial charge is 0.381 e. The van der Waals surface area contributed by atoms with Crippen molar-refractivity contribution >= 4 is 5.91 Å². The Morgan fingerprint density at radius 3 is 2.41 bits per heavy atom. The lowest BCUT2D eigenvalue weighted by atomic mass is 10.2. The summed E-state index contributed by atoms with van der Waals surface area (Å²) in [5, 5.41) is 6.07. The molecule has 0 fully saturated rings. The third-order valence-corrected chi connectivity index (χ3v) is 2.38. The Morgan fingerprint density at radius 1 is 1.18 bits per heavy atom. The van der Waals surface area contributed by atoms with E-state index in [1.165, 1.54) is 6.42 Å². The fraction of sp³-hybridized carbons (Fsp3) is 0.923. The molecule has 0 bridgehead atoms. The third kappa shape index (κ3) is 10.3. The third-order valence-electron chi connectivity index (χ3n) is 2.38. The van der Waals surface area contributed by atoms with Gasteiger partial charge in [0.05, 0.1) is 6.04 Å². The Hall–Kier alpha value is -0.610. The number of nitrogens with one attached hydrogen (secondary N) is 2. The lowest BCUT2D eigenvalue weighted by molar-refractivity contribution is -0.123. The molecule has 2 N–H and O–H groups in total. The van der Waals surface area contributed by atoms with Crippen LogP contribution in [0.15, 0.2) is 0 Å². The first-order chi connectivity index (χ1) is 8.07. The van der Waals surface area contributed by atoms with Crippen LogP contribution in [-0.4, -0.2) is 37.7 Å². The SMILES string of the molecule is CCCCOCCCNC(C)C(=O)NC(C)C. The number of carbonyl (C=O) groups excluding carboxylic acids is 1. The van der Waals surface area contributed by atoms with Crippen molar-refractivity contribution in [2.75, 3.05) is 19.8 Å². The fourth-order valence-corrected chi connectivity index (χ4v) is 1.34. The van der Waals surface area contributed by atoms with Gasteiger partial charge in [-0.2, -0.15) is 0 Å². The van der Waals surface area contributed by atoms with Crippen LogP contribution in [0, 0.1) is 0 Å². The number of hydrogen-bond donors (Lipinski definition) is 2. The summed E-state index contributed by atoms with van der Waals surface area (Å²) in [6.45, 7) is 10.4. The van der Waals surface area contributed by atoms with Crippen LogP contribution in [0.5, 0.6) is 0 Å². The van der Waals surface area contributed by atoms with Crippen LogP contribution in [0.25, 0.3) is 0 Å². The highest BCUT2D eigenvalue weighted by atomic mass is 16.5. The second-order valence-electron chi connectivity index (χ2n) is 4.66. The summed E-state index contributed by atoms with van der Waals surface area (Å²) < 4.78 is 5.44. The molecule has 102 valence electrons. The van der Waals surface area contributed by atoms with Crippen LogP contribution >= 0.6 is 0 Å². The minimum atomic E-state index is -0.131. The van der Waals surface area contributed by atoms with Gasteiger partial charge < -0.3 is 15.4 Å². The van der Waals surface area contributed by atoms with Crippen molar-refractivity contribution in [3.8, 4) is 0 Å². The predicted octanol–water partition coefficient (Wildman–Crippen LogP) is 1.70. The van der Waals surface area contributed by atoms with Gasteiger partial charge in [-0.1, -0.05) is 13.3 Å². The van der Waals surface area contributed by atoms with E-state index in [4.69, 9.17) is 4.74 Å². The van der Waals surface area contributed by atoms with Gasteiger partial charge >= 0.3 is 0 Å². The smallest absolute Gasteiger partial charge is 0.237 e. The number of carbonyl (C=O) groups is 1. The lowest BCUT2D eigenvalue weighted by Gasteiger charge is -2.15. The van der Waals surface area contributed by atoms with Crippen molar-refractivity contribution in [2.24, 2.45) is 0 Å². The summed E-state index contributed by atoms with van der Waals surface area (Å²) in [6, 6.07) is 0.0668. The van der Waals surface area contributed by atoms with E-state index in [-0.39, 0.29) is 18.0 Å². The van der Waals surface area contributed by atoms with Crippen molar-refractivity contribution < 1.29 is 9.53 Å². The van der Waals surface area contributed by atoms with Gasteiger partial charge in [0.25, 0.3) is 0 Å². The summed E-state index contributed by atoms with van der Waals surface area (Å²) in [5.41, 5.74) is 0. The Labute approximate surface area is 105 Å². The molecule has 4 heteroatoms. The van der Waals surface area contributed by atoms with E-state index >= 15 is 0 Å². The number of hydrogen-bond acceptors (Lipinski definition) is 3. The summed E-state index contributed by atoms with van der Waals surface area (Å²) in [6.07, 6.45) is 3.24. The van der Waals surface area contributed by atoms with Crippen molar-refractivity contribution in [1.82, 2.24) is 10.6 Å². The normalized spacial score (nSPS) is 12.8. The van der Waals surface area contributed by atoms with E-state index in [0.29, 0.717) is 0 Å². The van der Waals surface area contributed by atoms with Gasteiger partial charge in [-0.25, -0.2) is 0 Å². The van der Waals surface area contributed by atoms with Crippen molar-refractivity contribution in [2.45, 2.75) is 59.0 Å². The van der Waals surface area contributed by atoms with E-state index in [0.717, 1.165) is 32.6 Å². The molecule has 1 amide bonds. The van der Waals surface area contributed by atoms with Gasteiger partial charge in [-0.3, -0.25) is 4.79 Å². The van der Waals surface area contributed by atoms with Crippen molar-refractivity contribution in [1.29, 1.82) is 0 Å². The van der Waals surface area contributed by atoms with E-state index in [1.807, 2.05) is 20.8 Å². The average molecular weight is 244 g/mol. The van der Waals surface area contributed by atoms with Crippen LogP contribution in [0.4, 0.5) is 0 Å². The zero-order chi connectivity index (χ0) is 13.1. The molecular formula is C13H28N2O2. The van der Waals surface area contributed by atoms with Crippen LogP contribution in [0.2, 0.25) is 0 Å². The summed E-state index contributed by atoms with van der Waals surface area (Å²) in [5.74, 6) is 0.0619. The first kappa shape index (κ1) is 16.4. The number of amides is 1. The first-order valence-corrected chi connectivity index (χ1v) is 6.69. The van der Waals surface area contributed by atoms with Gasteiger partial charge in [0.1, 0.15) is 0 Å². The van der Waals surface area contributed by atoms with E-state index in [9.17, 15) is 4.79 Å². The van der Waals surface area contributed by atoms with Crippen LogP contribution < -0.4 is 10.6 Å². The molecule has 0 aromatic heterocycles. The molecule has 0 aromatic rings. The molecule has 0 aromatic carbocycles. The molecule has 0 heterocycles. The molecule has 1 unspecified atom stereocenters. The molecule has 0 saturated carbocycles.